The van der Waals surface area contributed by atoms with Gasteiger partial charge in [0, 0.05) is 5.69 Å². The van der Waals surface area contributed by atoms with Crippen molar-refractivity contribution < 1.29 is 27.5 Å². The lowest BCUT2D eigenvalue weighted by atomic mass is 10.1. The molecule has 0 saturated heterocycles. The van der Waals surface area contributed by atoms with Crippen LogP contribution in [0.4, 0.5) is 10.5 Å². The van der Waals surface area contributed by atoms with Crippen LogP contribution in [-0.2, 0) is 19.6 Å². The van der Waals surface area contributed by atoms with E-state index in [-0.39, 0.29) is 10.5 Å². The number of aryl methyl sites for hydroxylation is 2. The molecule has 154 valence electrons. The first-order valence-corrected chi connectivity index (χ1v) is 9.99. The fourth-order valence-corrected chi connectivity index (χ4v) is 3.17. The summed E-state index contributed by atoms with van der Waals surface area (Å²) in [4.78, 5) is 35.7. The summed E-state index contributed by atoms with van der Waals surface area (Å²) >= 11 is 0. The van der Waals surface area contributed by atoms with Gasteiger partial charge in [-0.1, -0.05) is 23.8 Å². The molecule has 2 aromatic carbocycles. The number of hydrogen-bond donors (Lipinski definition) is 3. The molecule has 0 bridgehead atoms. The van der Waals surface area contributed by atoms with Gasteiger partial charge in [0.15, 0.2) is 6.61 Å². The first kappa shape index (κ1) is 22.1. The number of imide groups is 1. The lowest BCUT2D eigenvalue weighted by Crippen LogP contribution is -2.37. The van der Waals surface area contributed by atoms with Gasteiger partial charge in [0.05, 0.1) is 10.5 Å². The predicted molar refractivity (Wildman–Crippen MR) is 106 cm³/mol. The number of rotatable bonds is 6. The third kappa shape index (κ3) is 6.13. The van der Waals surface area contributed by atoms with E-state index in [1.54, 1.807) is 6.07 Å². The minimum absolute atomic E-state index is 0.0474. The molecule has 9 nitrogen and oxygen atoms in total. The van der Waals surface area contributed by atoms with Crippen LogP contribution in [0.1, 0.15) is 21.5 Å². The minimum atomic E-state index is -3.73. The van der Waals surface area contributed by atoms with Crippen molar-refractivity contribution in [1.29, 1.82) is 0 Å². The highest BCUT2D eigenvalue weighted by Crippen LogP contribution is 2.15. The van der Waals surface area contributed by atoms with Crippen LogP contribution in [0, 0.1) is 13.8 Å². The van der Waals surface area contributed by atoms with Crippen molar-refractivity contribution in [3.05, 3.63) is 59.2 Å². The third-order valence-corrected chi connectivity index (χ3v) is 5.28. The number of sulfonamides is 1. The number of amides is 3. The highest BCUT2D eigenvalue weighted by atomic mass is 32.2. The van der Waals surface area contributed by atoms with Gasteiger partial charge in [-0.25, -0.2) is 22.7 Å². The maximum atomic E-state index is 12.1. The zero-order valence-electron chi connectivity index (χ0n) is 16.1. The molecule has 0 atom stereocenters. The van der Waals surface area contributed by atoms with Crippen LogP contribution in [0.25, 0.3) is 0 Å². The Balaban J connectivity index is 1.91. The van der Waals surface area contributed by atoms with E-state index in [1.807, 2.05) is 31.3 Å². The molecule has 0 spiro atoms. The number of anilines is 1. The molecular formula is C19H21N3O6S. The zero-order chi connectivity index (χ0) is 21.6. The number of esters is 1. The average Bonchev–Trinajstić information content (AvgIpc) is 2.68. The Bertz CT molecular complexity index is 1050. The van der Waals surface area contributed by atoms with Crippen LogP contribution < -0.4 is 15.4 Å². The molecule has 10 heteroatoms. The summed E-state index contributed by atoms with van der Waals surface area (Å²) in [5, 5.41) is 4.58. The predicted octanol–water partition coefficient (Wildman–Crippen LogP) is 1.72. The molecule has 29 heavy (non-hydrogen) atoms. The smallest absolute Gasteiger partial charge is 0.338 e. The van der Waals surface area contributed by atoms with Crippen LogP contribution in [0.3, 0.4) is 0 Å². The molecule has 0 aliphatic heterocycles. The molecule has 0 radical (unpaired) electrons. The van der Waals surface area contributed by atoms with Gasteiger partial charge < -0.3 is 10.1 Å². The van der Waals surface area contributed by atoms with Crippen molar-refractivity contribution in [1.82, 2.24) is 10.0 Å². The van der Waals surface area contributed by atoms with Crippen LogP contribution in [0.2, 0.25) is 0 Å². The van der Waals surface area contributed by atoms with Crippen molar-refractivity contribution in [2.75, 3.05) is 19.0 Å². The summed E-state index contributed by atoms with van der Waals surface area (Å²) in [6.45, 7) is 3.02. The highest BCUT2D eigenvalue weighted by Gasteiger charge is 2.17. The largest absolute Gasteiger partial charge is 0.452 e. The van der Waals surface area contributed by atoms with Gasteiger partial charge in [0.1, 0.15) is 0 Å². The zero-order valence-corrected chi connectivity index (χ0v) is 16.9. The van der Waals surface area contributed by atoms with E-state index in [9.17, 15) is 22.8 Å². The van der Waals surface area contributed by atoms with Gasteiger partial charge >= 0.3 is 12.0 Å². The summed E-state index contributed by atoms with van der Waals surface area (Å²) in [6.07, 6.45) is 0. The first-order chi connectivity index (χ1) is 13.6. The molecule has 0 aromatic heterocycles. The fourth-order valence-electron chi connectivity index (χ4n) is 2.39. The standard InChI is InChI=1S/C19H21N3O6S/c1-12-7-8-16(13(2)9-12)21-19(25)22-17(23)11-28-18(24)14-5-4-6-15(10-14)29(26,27)20-3/h4-10,20H,11H2,1-3H3,(H2,21,22,23,25). The van der Waals surface area contributed by atoms with Crippen LogP contribution in [0.15, 0.2) is 47.4 Å². The molecule has 0 aliphatic carbocycles. The minimum Gasteiger partial charge on any atom is -0.452 e. The van der Waals surface area contributed by atoms with Gasteiger partial charge in [-0.05, 0) is 50.7 Å². The number of nitrogens with one attached hydrogen (secondary N) is 3. The summed E-state index contributed by atoms with van der Waals surface area (Å²) in [6, 6.07) is 9.79. The SMILES string of the molecule is CNS(=O)(=O)c1cccc(C(=O)OCC(=O)NC(=O)Nc2ccc(C)cc2C)c1. The average molecular weight is 419 g/mol. The summed E-state index contributed by atoms with van der Waals surface area (Å²) in [5.74, 6) is -1.73. The summed E-state index contributed by atoms with van der Waals surface area (Å²) in [5.41, 5.74) is 2.35. The Morgan fingerprint density at radius 2 is 1.76 bits per heavy atom. The molecule has 2 aromatic rings. The number of carbonyl (C=O) groups excluding carboxylic acids is 3. The van der Waals surface area contributed by atoms with Crippen molar-refractivity contribution >= 4 is 33.6 Å². The van der Waals surface area contributed by atoms with E-state index in [0.717, 1.165) is 17.2 Å². The van der Waals surface area contributed by atoms with Gasteiger partial charge in [-0.2, -0.15) is 0 Å². The molecular weight excluding hydrogens is 398 g/mol. The Labute approximate surface area is 168 Å². The van der Waals surface area contributed by atoms with Crippen LogP contribution in [-0.4, -0.2) is 40.0 Å². The van der Waals surface area contributed by atoms with Gasteiger partial charge in [-0.15, -0.1) is 0 Å². The van der Waals surface area contributed by atoms with Crippen molar-refractivity contribution in [3.63, 3.8) is 0 Å². The first-order valence-electron chi connectivity index (χ1n) is 8.51. The summed E-state index contributed by atoms with van der Waals surface area (Å²) in [7, 11) is -2.48. The molecule has 0 aliphatic rings. The fraction of sp³-hybridized carbons (Fsp3) is 0.211. The number of carbonyl (C=O) groups is 3. The lowest BCUT2D eigenvalue weighted by Gasteiger charge is -2.10. The van der Waals surface area contributed by atoms with Gasteiger partial charge in [0.25, 0.3) is 5.91 Å². The van der Waals surface area contributed by atoms with Crippen LogP contribution in [0.5, 0.6) is 0 Å². The molecule has 0 heterocycles. The molecule has 3 amide bonds. The molecule has 3 N–H and O–H groups in total. The number of urea groups is 1. The lowest BCUT2D eigenvalue weighted by molar-refractivity contribution is -0.123. The second kappa shape index (κ2) is 9.30. The Morgan fingerprint density at radius 3 is 2.41 bits per heavy atom. The second-order valence-electron chi connectivity index (χ2n) is 6.13. The molecule has 0 unspecified atom stereocenters. The molecule has 2 rings (SSSR count). The van der Waals surface area contributed by atoms with E-state index < -0.39 is 34.5 Å². The Hall–Kier alpha value is -3.24. The number of benzene rings is 2. The third-order valence-electron chi connectivity index (χ3n) is 3.87. The number of hydrogen-bond acceptors (Lipinski definition) is 6. The maximum Gasteiger partial charge on any atom is 0.338 e. The van der Waals surface area contributed by atoms with Crippen molar-refractivity contribution in [2.45, 2.75) is 18.7 Å². The number of ether oxygens (including phenoxy) is 1. The summed E-state index contributed by atoms with van der Waals surface area (Å²) < 4.78 is 30.5. The topological polar surface area (TPSA) is 131 Å². The molecule has 0 saturated carbocycles. The maximum absolute atomic E-state index is 12.1. The van der Waals surface area contributed by atoms with Gasteiger partial charge in [0.2, 0.25) is 10.0 Å². The normalized spacial score (nSPS) is 10.9. The van der Waals surface area contributed by atoms with E-state index >= 15 is 0 Å². The molecule has 0 fully saturated rings. The van der Waals surface area contributed by atoms with Crippen molar-refractivity contribution in [3.8, 4) is 0 Å². The second-order valence-corrected chi connectivity index (χ2v) is 8.02. The monoisotopic (exact) mass is 419 g/mol. The van der Waals surface area contributed by atoms with Crippen molar-refractivity contribution in [2.24, 2.45) is 0 Å². The van der Waals surface area contributed by atoms with Gasteiger partial charge in [-0.3, -0.25) is 10.1 Å². The van der Waals surface area contributed by atoms with E-state index in [4.69, 9.17) is 4.74 Å². The quantitative estimate of drug-likeness (QED) is 0.611. The Kier molecular flexibility index (Phi) is 7.08. The van der Waals surface area contributed by atoms with E-state index in [0.29, 0.717) is 5.69 Å². The highest BCUT2D eigenvalue weighted by molar-refractivity contribution is 7.89. The Morgan fingerprint density at radius 1 is 1.03 bits per heavy atom. The van der Waals surface area contributed by atoms with E-state index in [2.05, 4.69) is 10.0 Å². The van der Waals surface area contributed by atoms with Crippen LogP contribution >= 0.6 is 0 Å². The van der Waals surface area contributed by atoms with E-state index in [1.165, 1.54) is 25.2 Å².